The molecule has 2 aromatic rings. The highest BCUT2D eigenvalue weighted by Gasteiger charge is 2.36. The van der Waals surface area contributed by atoms with E-state index in [0.29, 0.717) is 0 Å². The van der Waals surface area contributed by atoms with Crippen LogP contribution in [0.2, 0.25) is 0 Å². The van der Waals surface area contributed by atoms with Crippen LogP contribution in [0.1, 0.15) is 22.7 Å². The van der Waals surface area contributed by atoms with Gasteiger partial charge in [0.1, 0.15) is 5.82 Å². The Balaban J connectivity index is 2.60. The number of benzene rings is 1. The van der Waals surface area contributed by atoms with Crippen molar-refractivity contribution < 1.29 is 17.6 Å². The molecule has 0 saturated carbocycles. The number of hydrazine groups is 1. The molecule has 21 heavy (non-hydrogen) atoms. The summed E-state index contributed by atoms with van der Waals surface area (Å²) in [5.74, 6) is 4.66. The SMILES string of the molecule is NNC(c1cnccc1C(F)(F)F)c1cccc(Br)c1F. The Labute approximate surface area is 126 Å². The van der Waals surface area contributed by atoms with Gasteiger partial charge in [0.15, 0.2) is 0 Å². The fourth-order valence-corrected chi connectivity index (χ4v) is 2.37. The first-order chi connectivity index (χ1) is 9.86. The van der Waals surface area contributed by atoms with Gasteiger partial charge in [-0.15, -0.1) is 0 Å². The molecule has 3 nitrogen and oxygen atoms in total. The summed E-state index contributed by atoms with van der Waals surface area (Å²) >= 11 is 2.99. The first kappa shape index (κ1) is 15.9. The van der Waals surface area contributed by atoms with Crippen LogP contribution in [0.25, 0.3) is 0 Å². The summed E-state index contributed by atoms with van der Waals surface area (Å²) in [6, 6.07) is 3.97. The molecule has 0 fully saturated rings. The third-order valence-corrected chi connectivity index (χ3v) is 3.54. The monoisotopic (exact) mass is 363 g/mol. The van der Waals surface area contributed by atoms with Gasteiger partial charge in [-0.3, -0.25) is 10.8 Å². The van der Waals surface area contributed by atoms with Crippen LogP contribution >= 0.6 is 15.9 Å². The predicted molar refractivity (Wildman–Crippen MR) is 72.5 cm³/mol. The molecule has 112 valence electrons. The molecule has 8 heteroatoms. The normalized spacial score (nSPS) is 13.2. The number of halogens is 5. The Morgan fingerprint density at radius 2 is 1.90 bits per heavy atom. The molecule has 0 amide bonds. The summed E-state index contributed by atoms with van der Waals surface area (Å²) in [5.41, 5.74) is 1.04. The number of rotatable bonds is 3. The molecular formula is C13H10BrF4N3. The van der Waals surface area contributed by atoms with E-state index in [-0.39, 0.29) is 15.6 Å². The molecule has 0 saturated heterocycles. The minimum absolute atomic E-state index is 0.00891. The van der Waals surface area contributed by atoms with E-state index in [1.807, 2.05) is 0 Å². The highest BCUT2D eigenvalue weighted by Crippen LogP contribution is 2.37. The molecule has 1 unspecified atom stereocenters. The lowest BCUT2D eigenvalue weighted by molar-refractivity contribution is -0.138. The zero-order valence-corrected chi connectivity index (χ0v) is 12.0. The number of hydrogen-bond donors (Lipinski definition) is 2. The molecule has 0 aliphatic carbocycles. The number of pyridine rings is 1. The second kappa shape index (κ2) is 6.08. The van der Waals surface area contributed by atoms with E-state index in [1.54, 1.807) is 0 Å². The predicted octanol–water partition coefficient (Wildman–Crippen LogP) is 3.55. The van der Waals surface area contributed by atoms with Crippen molar-refractivity contribution in [3.8, 4) is 0 Å². The van der Waals surface area contributed by atoms with Crippen molar-refractivity contribution in [3.05, 3.63) is 63.6 Å². The maximum atomic E-state index is 14.1. The van der Waals surface area contributed by atoms with Crippen LogP contribution in [0.4, 0.5) is 17.6 Å². The number of alkyl halides is 3. The second-order valence-corrected chi connectivity index (χ2v) is 5.06. The first-order valence-corrected chi connectivity index (χ1v) is 6.56. The number of nitrogens with one attached hydrogen (secondary N) is 1. The van der Waals surface area contributed by atoms with E-state index in [9.17, 15) is 17.6 Å². The van der Waals surface area contributed by atoms with Gasteiger partial charge in [-0.1, -0.05) is 12.1 Å². The van der Waals surface area contributed by atoms with Crippen molar-refractivity contribution in [2.75, 3.05) is 0 Å². The average Bonchev–Trinajstić information content (AvgIpc) is 2.44. The van der Waals surface area contributed by atoms with Gasteiger partial charge < -0.3 is 0 Å². The zero-order chi connectivity index (χ0) is 15.6. The fourth-order valence-electron chi connectivity index (χ4n) is 1.99. The van der Waals surface area contributed by atoms with Crippen molar-refractivity contribution in [2.45, 2.75) is 12.2 Å². The van der Waals surface area contributed by atoms with E-state index in [2.05, 4.69) is 26.3 Å². The van der Waals surface area contributed by atoms with E-state index in [0.717, 1.165) is 18.5 Å². The summed E-state index contributed by atoms with van der Waals surface area (Å²) in [4.78, 5) is 3.68. The molecule has 0 aliphatic heterocycles. The van der Waals surface area contributed by atoms with Crippen molar-refractivity contribution >= 4 is 15.9 Å². The van der Waals surface area contributed by atoms with Gasteiger partial charge in [-0.2, -0.15) is 13.2 Å². The van der Waals surface area contributed by atoms with E-state index >= 15 is 0 Å². The second-order valence-electron chi connectivity index (χ2n) is 4.20. The van der Waals surface area contributed by atoms with Crippen LogP contribution in [0, 0.1) is 5.82 Å². The van der Waals surface area contributed by atoms with Gasteiger partial charge in [-0.05, 0) is 28.1 Å². The summed E-state index contributed by atoms with van der Waals surface area (Å²) in [5, 5.41) is 0. The van der Waals surface area contributed by atoms with Crippen molar-refractivity contribution in [3.63, 3.8) is 0 Å². The smallest absolute Gasteiger partial charge is 0.271 e. The molecular weight excluding hydrogens is 354 g/mol. The van der Waals surface area contributed by atoms with Crippen LogP contribution < -0.4 is 11.3 Å². The van der Waals surface area contributed by atoms with Gasteiger partial charge in [-0.25, -0.2) is 9.82 Å². The van der Waals surface area contributed by atoms with Gasteiger partial charge >= 0.3 is 6.18 Å². The minimum Gasteiger partial charge on any atom is -0.271 e. The molecule has 0 radical (unpaired) electrons. The molecule has 1 aromatic carbocycles. The lowest BCUT2D eigenvalue weighted by Gasteiger charge is -2.21. The highest BCUT2D eigenvalue weighted by molar-refractivity contribution is 9.10. The van der Waals surface area contributed by atoms with Crippen LogP contribution in [0.5, 0.6) is 0 Å². The summed E-state index contributed by atoms with van der Waals surface area (Å²) < 4.78 is 53.4. The maximum absolute atomic E-state index is 14.1. The zero-order valence-electron chi connectivity index (χ0n) is 10.5. The molecule has 0 aliphatic rings. The van der Waals surface area contributed by atoms with E-state index in [4.69, 9.17) is 5.84 Å². The van der Waals surface area contributed by atoms with Gasteiger partial charge in [0.2, 0.25) is 0 Å². The Morgan fingerprint density at radius 3 is 2.52 bits per heavy atom. The van der Waals surface area contributed by atoms with Gasteiger partial charge in [0.25, 0.3) is 0 Å². The molecule has 1 heterocycles. The van der Waals surface area contributed by atoms with Crippen LogP contribution in [-0.2, 0) is 6.18 Å². The molecule has 3 N–H and O–H groups in total. The fraction of sp³-hybridized carbons (Fsp3) is 0.154. The summed E-state index contributed by atoms with van der Waals surface area (Å²) in [7, 11) is 0. The van der Waals surface area contributed by atoms with E-state index < -0.39 is 23.6 Å². The number of nitrogens with two attached hydrogens (primary N) is 1. The number of aromatic nitrogens is 1. The molecule has 1 aromatic heterocycles. The third kappa shape index (κ3) is 3.22. The Kier molecular flexibility index (Phi) is 4.60. The summed E-state index contributed by atoms with van der Waals surface area (Å²) in [6.45, 7) is 0. The lowest BCUT2D eigenvalue weighted by Crippen LogP contribution is -2.31. The molecule has 1 atom stereocenters. The van der Waals surface area contributed by atoms with Crippen molar-refractivity contribution in [1.29, 1.82) is 0 Å². The molecule has 0 bridgehead atoms. The van der Waals surface area contributed by atoms with Crippen LogP contribution in [0.3, 0.4) is 0 Å². The highest BCUT2D eigenvalue weighted by atomic mass is 79.9. The van der Waals surface area contributed by atoms with Crippen molar-refractivity contribution in [2.24, 2.45) is 5.84 Å². The van der Waals surface area contributed by atoms with Gasteiger partial charge in [0, 0.05) is 23.5 Å². The van der Waals surface area contributed by atoms with Gasteiger partial charge in [0.05, 0.1) is 16.1 Å². The first-order valence-electron chi connectivity index (χ1n) is 5.77. The molecule has 2 rings (SSSR count). The van der Waals surface area contributed by atoms with E-state index in [1.165, 1.54) is 18.2 Å². The Bertz CT molecular complexity index is 646. The Morgan fingerprint density at radius 1 is 1.19 bits per heavy atom. The number of nitrogens with zero attached hydrogens (tertiary/aromatic N) is 1. The topological polar surface area (TPSA) is 50.9 Å². The third-order valence-electron chi connectivity index (χ3n) is 2.93. The standard InChI is InChI=1S/C13H10BrF4N3/c14-10-3-1-2-7(11(10)15)12(21-19)8-6-20-5-4-9(8)13(16,17)18/h1-6,12,21H,19H2. The largest absolute Gasteiger partial charge is 0.416 e. The molecule has 0 spiro atoms. The lowest BCUT2D eigenvalue weighted by atomic mass is 9.96. The Hall–Kier alpha value is -1.51. The maximum Gasteiger partial charge on any atom is 0.416 e. The number of hydrogen-bond acceptors (Lipinski definition) is 3. The average molecular weight is 364 g/mol. The quantitative estimate of drug-likeness (QED) is 0.498. The summed E-state index contributed by atoms with van der Waals surface area (Å²) in [6.07, 6.45) is -2.54. The van der Waals surface area contributed by atoms with Crippen LogP contribution in [-0.4, -0.2) is 4.98 Å². The van der Waals surface area contributed by atoms with Crippen molar-refractivity contribution in [1.82, 2.24) is 10.4 Å². The minimum atomic E-state index is -4.59. The van der Waals surface area contributed by atoms with Crippen LogP contribution in [0.15, 0.2) is 41.1 Å².